The van der Waals surface area contributed by atoms with Crippen LogP contribution in [0, 0.1) is 0 Å². The molecule has 0 bridgehead atoms. The van der Waals surface area contributed by atoms with Crippen molar-refractivity contribution in [1.82, 2.24) is 19.7 Å². The minimum atomic E-state index is 0.132. The molecule has 2 aromatic rings. The average molecular weight is 387 g/mol. The van der Waals surface area contributed by atoms with E-state index in [2.05, 4.69) is 66.7 Å². The van der Waals surface area contributed by atoms with Gasteiger partial charge in [0.15, 0.2) is 11.0 Å². The second-order valence-corrected chi connectivity index (χ2v) is 9.05. The molecule has 1 aromatic carbocycles. The van der Waals surface area contributed by atoms with Crippen molar-refractivity contribution in [1.29, 1.82) is 0 Å². The Morgan fingerprint density at radius 2 is 1.74 bits per heavy atom. The Labute approximate surface area is 166 Å². The van der Waals surface area contributed by atoms with Gasteiger partial charge in [0, 0.05) is 25.2 Å². The maximum atomic E-state index is 12.4. The number of aromatic nitrogens is 3. The number of piperidine rings is 1. The minimum Gasteiger partial charge on any atom is -0.342 e. The first kappa shape index (κ1) is 19.9. The van der Waals surface area contributed by atoms with Crippen molar-refractivity contribution in [2.24, 2.45) is 0 Å². The van der Waals surface area contributed by atoms with Crippen LogP contribution in [-0.4, -0.2) is 44.4 Å². The molecule has 1 fully saturated rings. The van der Waals surface area contributed by atoms with Crippen LogP contribution < -0.4 is 0 Å². The van der Waals surface area contributed by atoms with Crippen molar-refractivity contribution in [3.8, 4) is 11.4 Å². The normalized spacial score (nSPS) is 15.2. The van der Waals surface area contributed by atoms with Gasteiger partial charge in [0.25, 0.3) is 0 Å². The first-order valence-corrected chi connectivity index (χ1v) is 10.8. The predicted octanol–water partition coefficient (Wildman–Crippen LogP) is 4.37. The number of carbonyl (C=O) groups excluding carboxylic acids is 1. The predicted molar refractivity (Wildman–Crippen MR) is 111 cm³/mol. The van der Waals surface area contributed by atoms with Crippen LogP contribution in [0.2, 0.25) is 0 Å². The Morgan fingerprint density at radius 1 is 1.07 bits per heavy atom. The van der Waals surface area contributed by atoms with Gasteiger partial charge in [0.05, 0.1) is 5.75 Å². The molecule has 1 aromatic heterocycles. The molecule has 1 amide bonds. The lowest BCUT2D eigenvalue weighted by Gasteiger charge is -2.26. The molecule has 0 aliphatic carbocycles. The number of hydrogen-bond donors (Lipinski definition) is 0. The van der Waals surface area contributed by atoms with Crippen LogP contribution in [0.3, 0.4) is 0 Å². The van der Waals surface area contributed by atoms with Gasteiger partial charge in [-0.1, -0.05) is 56.8 Å². The number of hydrogen-bond acceptors (Lipinski definition) is 4. The molecule has 0 saturated carbocycles. The largest absolute Gasteiger partial charge is 0.342 e. The van der Waals surface area contributed by atoms with Crippen LogP contribution in [0.15, 0.2) is 29.4 Å². The molecule has 0 radical (unpaired) electrons. The lowest BCUT2D eigenvalue weighted by Crippen LogP contribution is -2.36. The molecule has 1 aliphatic heterocycles. The Kier molecular flexibility index (Phi) is 6.25. The van der Waals surface area contributed by atoms with Gasteiger partial charge in [-0.15, -0.1) is 10.2 Å². The summed E-state index contributed by atoms with van der Waals surface area (Å²) < 4.78 is 2.10. The molecule has 27 heavy (non-hydrogen) atoms. The standard InChI is InChI=1S/C21H30N4OS/c1-5-25-19(16-9-11-17(12-10-16)21(2,3)4)22-23-20(25)27-15-18(26)24-13-7-6-8-14-24/h9-12H,5-8,13-15H2,1-4H3. The molecule has 3 rings (SSSR count). The maximum Gasteiger partial charge on any atom is 0.233 e. The molecular formula is C21H30N4OS. The van der Waals surface area contributed by atoms with Gasteiger partial charge in [-0.25, -0.2) is 0 Å². The minimum absolute atomic E-state index is 0.132. The zero-order valence-corrected chi connectivity index (χ0v) is 17.7. The van der Waals surface area contributed by atoms with Crippen molar-refractivity contribution in [2.75, 3.05) is 18.8 Å². The Hall–Kier alpha value is -1.82. The molecule has 0 unspecified atom stereocenters. The zero-order chi connectivity index (χ0) is 19.4. The van der Waals surface area contributed by atoms with Gasteiger partial charge in [-0.3, -0.25) is 4.79 Å². The number of nitrogens with zero attached hydrogens (tertiary/aromatic N) is 4. The third kappa shape index (κ3) is 4.72. The molecule has 5 nitrogen and oxygen atoms in total. The van der Waals surface area contributed by atoms with E-state index in [-0.39, 0.29) is 11.3 Å². The van der Waals surface area contributed by atoms with E-state index >= 15 is 0 Å². The van der Waals surface area contributed by atoms with E-state index in [1.165, 1.54) is 23.7 Å². The van der Waals surface area contributed by atoms with E-state index in [0.717, 1.165) is 49.0 Å². The highest BCUT2D eigenvalue weighted by molar-refractivity contribution is 7.99. The summed E-state index contributed by atoms with van der Waals surface area (Å²) in [6.45, 7) is 11.3. The van der Waals surface area contributed by atoms with Crippen molar-refractivity contribution in [3.05, 3.63) is 29.8 Å². The third-order valence-electron chi connectivity index (χ3n) is 5.08. The van der Waals surface area contributed by atoms with Crippen LogP contribution in [0.4, 0.5) is 0 Å². The summed E-state index contributed by atoms with van der Waals surface area (Å²) in [5.74, 6) is 1.51. The summed E-state index contributed by atoms with van der Waals surface area (Å²) in [5, 5.41) is 9.58. The zero-order valence-electron chi connectivity index (χ0n) is 16.9. The lowest BCUT2D eigenvalue weighted by molar-refractivity contribution is -0.129. The topological polar surface area (TPSA) is 51.0 Å². The monoisotopic (exact) mass is 386 g/mol. The van der Waals surface area contributed by atoms with Gasteiger partial charge in [-0.05, 0) is 37.2 Å². The molecule has 6 heteroatoms. The molecule has 1 saturated heterocycles. The Balaban J connectivity index is 1.72. The van der Waals surface area contributed by atoms with Crippen molar-refractivity contribution in [3.63, 3.8) is 0 Å². The van der Waals surface area contributed by atoms with Gasteiger partial charge in [0.2, 0.25) is 5.91 Å². The second-order valence-electron chi connectivity index (χ2n) is 8.11. The molecule has 0 spiro atoms. The summed E-state index contributed by atoms with van der Waals surface area (Å²) in [5.41, 5.74) is 2.49. The Bertz CT molecular complexity index is 770. The van der Waals surface area contributed by atoms with Crippen LogP contribution in [0.5, 0.6) is 0 Å². The number of benzene rings is 1. The molecule has 1 aliphatic rings. The summed E-state index contributed by atoms with van der Waals surface area (Å²) in [7, 11) is 0. The van der Waals surface area contributed by atoms with E-state index in [9.17, 15) is 4.79 Å². The van der Waals surface area contributed by atoms with Crippen LogP contribution in [0.25, 0.3) is 11.4 Å². The van der Waals surface area contributed by atoms with E-state index in [0.29, 0.717) is 5.75 Å². The highest BCUT2D eigenvalue weighted by atomic mass is 32.2. The first-order chi connectivity index (χ1) is 12.9. The van der Waals surface area contributed by atoms with Gasteiger partial charge in [0.1, 0.15) is 0 Å². The lowest BCUT2D eigenvalue weighted by atomic mass is 9.87. The fourth-order valence-electron chi connectivity index (χ4n) is 3.37. The SMILES string of the molecule is CCn1c(SCC(=O)N2CCCCC2)nnc1-c1ccc(C(C)(C)C)cc1. The van der Waals surface area contributed by atoms with Crippen molar-refractivity contribution >= 4 is 17.7 Å². The van der Waals surface area contributed by atoms with Gasteiger partial charge < -0.3 is 9.47 Å². The molecule has 146 valence electrons. The van der Waals surface area contributed by atoms with Crippen LogP contribution in [-0.2, 0) is 16.8 Å². The fourth-order valence-corrected chi connectivity index (χ4v) is 4.28. The summed E-state index contributed by atoms with van der Waals surface area (Å²) in [6.07, 6.45) is 3.48. The van der Waals surface area contributed by atoms with E-state index < -0.39 is 0 Å². The number of rotatable bonds is 5. The number of amides is 1. The highest BCUT2D eigenvalue weighted by Gasteiger charge is 2.20. The van der Waals surface area contributed by atoms with Crippen LogP contribution >= 0.6 is 11.8 Å². The number of thioether (sulfide) groups is 1. The quantitative estimate of drug-likeness (QED) is 0.716. The second kappa shape index (κ2) is 8.46. The maximum absolute atomic E-state index is 12.4. The molecular weight excluding hydrogens is 356 g/mol. The smallest absolute Gasteiger partial charge is 0.233 e. The van der Waals surface area contributed by atoms with Gasteiger partial charge in [-0.2, -0.15) is 0 Å². The van der Waals surface area contributed by atoms with E-state index in [1.54, 1.807) is 0 Å². The summed E-state index contributed by atoms with van der Waals surface area (Å²) >= 11 is 1.49. The number of likely N-dealkylation sites (tertiary alicyclic amines) is 1. The van der Waals surface area contributed by atoms with Crippen molar-refractivity contribution in [2.45, 2.75) is 64.1 Å². The van der Waals surface area contributed by atoms with Gasteiger partial charge >= 0.3 is 0 Å². The van der Waals surface area contributed by atoms with Crippen LogP contribution in [0.1, 0.15) is 52.5 Å². The van der Waals surface area contributed by atoms with E-state index in [4.69, 9.17) is 0 Å². The van der Waals surface area contributed by atoms with Crippen molar-refractivity contribution < 1.29 is 4.79 Å². The summed E-state index contributed by atoms with van der Waals surface area (Å²) in [6, 6.07) is 8.56. The Morgan fingerprint density at radius 3 is 2.33 bits per heavy atom. The average Bonchev–Trinajstić information content (AvgIpc) is 3.09. The molecule has 2 heterocycles. The highest BCUT2D eigenvalue weighted by Crippen LogP contribution is 2.28. The molecule has 0 atom stereocenters. The number of carbonyl (C=O) groups is 1. The molecule has 0 N–H and O–H groups in total. The summed E-state index contributed by atoms with van der Waals surface area (Å²) in [4.78, 5) is 14.4. The third-order valence-corrected chi connectivity index (χ3v) is 6.03. The first-order valence-electron chi connectivity index (χ1n) is 9.85. The van der Waals surface area contributed by atoms with E-state index in [1.807, 2.05) is 4.90 Å². The fraction of sp³-hybridized carbons (Fsp3) is 0.571.